The number of carbonyl (C=O) groups is 1. The van der Waals surface area contributed by atoms with Crippen molar-refractivity contribution in [3.8, 4) is 0 Å². The van der Waals surface area contributed by atoms with Crippen LogP contribution in [0.4, 0.5) is 0 Å². The lowest BCUT2D eigenvalue weighted by Crippen LogP contribution is -2.41. The maximum absolute atomic E-state index is 12.0. The molecule has 2 atom stereocenters. The summed E-state index contributed by atoms with van der Waals surface area (Å²) in [5, 5.41) is 0. The van der Waals surface area contributed by atoms with Crippen molar-refractivity contribution in [1.29, 1.82) is 0 Å². The van der Waals surface area contributed by atoms with Crippen LogP contribution in [0, 0.1) is 11.3 Å². The van der Waals surface area contributed by atoms with Crippen molar-refractivity contribution in [2.75, 3.05) is 0 Å². The van der Waals surface area contributed by atoms with Gasteiger partial charge in [-0.05, 0) is 25.2 Å². The fourth-order valence-corrected chi connectivity index (χ4v) is 2.57. The number of hydrogen-bond acceptors (Lipinski definition) is 2. The summed E-state index contributed by atoms with van der Waals surface area (Å²) >= 11 is 0. The predicted molar refractivity (Wildman–Crippen MR) is 56.9 cm³/mol. The minimum atomic E-state index is -0.186. The average molecular weight is 195 g/mol. The highest BCUT2D eigenvalue weighted by molar-refractivity contribution is 5.85. The van der Waals surface area contributed by atoms with Crippen LogP contribution in [0.5, 0.6) is 0 Å². The maximum Gasteiger partial charge on any atom is 0.140 e. The van der Waals surface area contributed by atoms with Gasteiger partial charge in [-0.25, -0.2) is 0 Å². The van der Waals surface area contributed by atoms with E-state index in [0.717, 1.165) is 38.0 Å². The highest BCUT2D eigenvalue weighted by Gasteiger charge is 2.42. The molecule has 2 saturated carbocycles. The van der Waals surface area contributed by atoms with Gasteiger partial charge in [-0.2, -0.15) is 0 Å². The van der Waals surface area contributed by atoms with Crippen LogP contribution >= 0.6 is 0 Å². The van der Waals surface area contributed by atoms with Gasteiger partial charge in [0.15, 0.2) is 0 Å². The van der Waals surface area contributed by atoms with Crippen LogP contribution < -0.4 is 5.73 Å². The molecular weight excluding hydrogens is 174 g/mol. The number of ketones is 1. The molecule has 0 aromatic rings. The summed E-state index contributed by atoms with van der Waals surface area (Å²) in [4.78, 5) is 12.0. The Labute approximate surface area is 86.2 Å². The molecule has 2 N–H and O–H groups in total. The normalized spacial score (nSPS) is 37.4. The first kappa shape index (κ1) is 10.2. The molecule has 0 saturated heterocycles. The monoisotopic (exact) mass is 195 g/mol. The largest absolute Gasteiger partial charge is 0.327 e. The van der Waals surface area contributed by atoms with Gasteiger partial charge in [-0.15, -0.1) is 0 Å². The molecule has 14 heavy (non-hydrogen) atoms. The summed E-state index contributed by atoms with van der Waals surface area (Å²) in [6, 6.07) is 0.120. The second-order valence-corrected chi connectivity index (χ2v) is 5.32. The highest BCUT2D eigenvalue weighted by Crippen LogP contribution is 2.40. The number of nitrogens with two attached hydrogens (primary N) is 1. The van der Waals surface area contributed by atoms with E-state index in [9.17, 15) is 4.79 Å². The van der Waals surface area contributed by atoms with Crippen molar-refractivity contribution in [2.24, 2.45) is 17.1 Å². The number of hydrogen-bond donors (Lipinski definition) is 1. The lowest BCUT2D eigenvalue weighted by molar-refractivity contribution is -0.128. The van der Waals surface area contributed by atoms with Gasteiger partial charge >= 0.3 is 0 Å². The lowest BCUT2D eigenvalue weighted by Gasteiger charge is -2.27. The zero-order valence-electron chi connectivity index (χ0n) is 9.09. The van der Waals surface area contributed by atoms with Crippen molar-refractivity contribution in [1.82, 2.24) is 0 Å². The first-order valence-electron chi connectivity index (χ1n) is 5.92. The molecule has 2 fully saturated rings. The van der Waals surface area contributed by atoms with E-state index in [1.165, 1.54) is 12.8 Å². The van der Waals surface area contributed by atoms with Gasteiger partial charge in [0.1, 0.15) is 5.78 Å². The quantitative estimate of drug-likeness (QED) is 0.747. The van der Waals surface area contributed by atoms with Crippen molar-refractivity contribution in [3.05, 3.63) is 0 Å². The molecule has 0 amide bonds. The maximum atomic E-state index is 12.0. The molecule has 2 rings (SSSR count). The summed E-state index contributed by atoms with van der Waals surface area (Å²) in [6.45, 7) is 2.07. The molecule has 0 spiro atoms. The van der Waals surface area contributed by atoms with Crippen LogP contribution in [0.1, 0.15) is 51.9 Å². The van der Waals surface area contributed by atoms with Gasteiger partial charge in [-0.3, -0.25) is 4.79 Å². The van der Waals surface area contributed by atoms with Crippen molar-refractivity contribution in [3.63, 3.8) is 0 Å². The van der Waals surface area contributed by atoms with Crippen LogP contribution in [0.15, 0.2) is 0 Å². The molecular formula is C12H21NO. The third-order valence-corrected chi connectivity index (χ3v) is 4.14. The average Bonchev–Trinajstić information content (AvgIpc) is 2.91. The van der Waals surface area contributed by atoms with Crippen molar-refractivity contribution < 1.29 is 4.79 Å². The van der Waals surface area contributed by atoms with Crippen LogP contribution in [-0.4, -0.2) is 11.8 Å². The van der Waals surface area contributed by atoms with E-state index >= 15 is 0 Å². The Hall–Kier alpha value is -0.370. The van der Waals surface area contributed by atoms with Crippen LogP contribution in [0.2, 0.25) is 0 Å². The SMILES string of the molecule is CC1(C(=O)CCC2CC2)CCCC1N. The third kappa shape index (κ3) is 1.85. The Bertz CT molecular complexity index is 234. The van der Waals surface area contributed by atoms with Gasteiger partial charge in [-0.1, -0.05) is 26.2 Å². The highest BCUT2D eigenvalue weighted by atomic mass is 16.1. The molecule has 0 aliphatic heterocycles. The first-order chi connectivity index (χ1) is 6.63. The Morgan fingerprint density at radius 1 is 1.43 bits per heavy atom. The number of carbonyl (C=O) groups excluding carboxylic acids is 1. The lowest BCUT2D eigenvalue weighted by atomic mass is 9.79. The van der Waals surface area contributed by atoms with Gasteiger partial charge in [0.25, 0.3) is 0 Å². The fraction of sp³-hybridized carbons (Fsp3) is 0.917. The van der Waals surface area contributed by atoms with Crippen LogP contribution in [0.25, 0.3) is 0 Å². The summed E-state index contributed by atoms with van der Waals surface area (Å²) in [7, 11) is 0. The van der Waals surface area contributed by atoms with E-state index in [1.54, 1.807) is 0 Å². The standard InChI is InChI=1S/C12H21NO/c1-12(8-2-3-10(12)13)11(14)7-6-9-4-5-9/h9-10H,2-8,13H2,1H3. The smallest absolute Gasteiger partial charge is 0.140 e. The third-order valence-electron chi connectivity index (χ3n) is 4.14. The Morgan fingerprint density at radius 3 is 2.64 bits per heavy atom. The van der Waals surface area contributed by atoms with Crippen molar-refractivity contribution in [2.45, 2.75) is 57.9 Å². The summed E-state index contributed by atoms with van der Waals surface area (Å²) < 4.78 is 0. The molecule has 80 valence electrons. The van der Waals surface area contributed by atoms with E-state index in [4.69, 9.17) is 5.73 Å². The number of rotatable bonds is 4. The molecule has 2 aliphatic carbocycles. The van der Waals surface area contributed by atoms with Crippen LogP contribution in [0.3, 0.4) is 0 Å². The Balaban J connectivity index is 1.87. The zero-order chi connectivity index (χ0) is 10.2. The van der Waals surface area contributed by atoms with Gasteiger partial charge in [0.2, 0.25) is 0 Å². The second kappa shape index (κ2) is 3.65. The van der Waals surface area contributed by atoms with Gasteiger partial charge in [0.05, 0.1) is 0 Å². The van der Waals surface area contributed by atoms with E-state index in [-0.39, 0.29) is 11.5 Å². The van der Waals surface area contributed by atoms with E-state index in [0.29, 0.717) is 5.78 Å². The summed E-state index contributed by atoms with van der Waals surface area (Å²) in [5.74, 6) is 1.29. The molecule has 2 heteroatoms. The molecule has 2 nitrogen and oxygen atoms in total. The van der Waals surface area contributed by atoms with Gasteiger partial charge in [0, 0.05) is 17.9 Å². The molecule has 0 heterocycles. The number of Topliss-reactive ketones (excluding diaryl/α,β-unsaturated/α-hetero) is 1. The van der Waals surface area contributed by atoms with Gasteiger partial charge < -0.3 is 5.73 Å². The molecule has 0 radical (unpaired) electrons. The molecule has 2 aliphatic rings. The van der Waals surface area contributed by atoms with Crippen molar-refractivity contribution >= 4 is 5.78 Å². The molecule has 0 aromatic carbocycles. The minimum Gasteiger partial charge on any atom is -0.327 e. The summed E-state index contributed by atoms with van der Waals surface area (Å²) in [5.41, 5.74) is 5.83. The Kier molecular flexibility index (Phi) is 2.65. The minimum absolute atomic E-state index is 0.120. The predicted octanol–water partition coefficient (Wildman–Crippen LogP) is 2.26. The van der Waals surface area contributed by atoms with Crippen LogP contribution in [-0.2, 0) is 4.79 Å². The first-order valence-corrected chi connectivity index (χ1v) is 5.92. The fourth-order valence-electron chi connectivity index (χ4n) is 2.57. The zero-order valence-corrected chi connectivity index (χ0v) is 9.09. The van der Waals surface area contributed by atoms with E-state index < -0.39 is 0 Å². The Morgan fingerprint density at radius 2 is 2.14 bits per heavy atom. The molecule has 0 aromatic heterocycles. The van der Waals surface area contributed by atoms with E-state index in [1.807, 2.05) is 0 Å². The second-order valence-electron chi connectivity index (χ2n) is 5.32. The van der Waals surface area contributed by atoms with E-state index in [2.05, 4.69) is 6.92 Å². The topological polar surface area (TPSA) is 43.1 Å². The summed E-state index contributed by atoms with van der Waals surface area (Å²) in [6.07, 6.45) is 7.75. The molecule has 2 unspecified atom stereocenters. The molecule has 0 bridgehead atoms.